The molecule has 2 unspecified atom stereocenters. The van der Waals surface area contributed by atoms with Crippen LogP contribution in [0.4, 0.5) is 0 Å². The molecule has 1 fully saturated rings. The summed E-state index contributed by atoms with van der Waals surface area (Å²) >= 11 is 0. The van der Waals surface area contributed by atoms with Crippen LogP contribution in [0, 0.1) is 11.3 Å². The average Bonchev–Trinajstić information content (AvgIpc) is 1.95. The van der Waals surface area contributed by atoms with Gasteiger partial charge in [0.25, 0.3) is 0 Å². The van der Waals surface area contributed by atoms with E-state index >= 15 is 0 Å². The minimum atomic E-state index is -0.802. The summed E-state index contributed by atoms with van der Waals surface area (Å²) in [6.07, 6.45) is 2.00. The third kappa shape index (κ3) is 2.29. The molecule has 0 saturated heterocycles. The fourth-order valence-electron chi connectivity index (χ4n) is 2.02. The molecular weight excluding hydrogens is 168 g/mol. The van der Waals surface area contributed by atoms with Gasteiger partial charge in [0.2, 0.25) is 0 Å². The molecule has 1 aliphatic rings. The summed E-state index contributed by atoms with van der Waals surface area (Å²) in [6.45, 7) is 3.94. The van der Waals surface area contributed by atoms with Crippen molar-refractivity contribution in [3.63, 3.8) is 0 Å². The van der Waals surface area contributed by atoms with Crippen molar-refractivity contribution in [3.8, 4) is 0 Å². The largest absolute Gasteiger partial charge is 0.481 e. The van der Waals surface area contributed by atoms with Gasteiger partial charge in [0, 0.05) is 12.8 Å². The van der Waals surface area contributed by atoms with Crippen molar-refractivity contribution in [2.24, 2.45) is 11.3 Å². The Balaban J connectivity index is 2.72. The number of ketones is 1. The average molecular weight is 184 g/mol. The van der Waals surface area contributed by atoms with Crippen LogP contribution in [-0.2, 0) is 9.59 Å². The molecule has 1 rings (SSSR count). The lowest BCUT2D eigenvalue weighted by Crippen LogP contribution is -2.35. The number of Topliss-reactive ketones (excluding diaryl/α,β-unsaturated/α-hetero) is 1. The molecule has 1 N–H and O–H groups in total. The topological polar surface area (TPSA) is 54.4 Å². The van der Waals surface area contributed by atoms with E-state index in [0.717, 1.165) is 6.42 Å². The van der Waals surface area contributed by atoms with E-state index in [0.29, 0.717) is 18.8 Å². The molecule has 0 radical (unpaired) electrons. The Labute approximate surface area is 78.1 Å². The fourth-order valence-corrected chi connectivity index (χ4v) is 2.02. The van der Waals surface area contributed by atoms with Gasteiger partial charge >= 0.3 is 5.97 Å². The summed E-state index contributed by atoms with van der Waals surface area (Å²) < 4.78 is 0. The quantitative estimate of drug-likeness (QED) is 0.712. The Kier molecular flexibility index (Phi) is 2.74. The molecule has 13 heavy (non-hydrogen) atoms. The highest BCUT2D eigenvalue weighted by atomic mass is 16.4. The molecule has 1 saturated carbocycles. The van der Waals surface area contributed by atoms with Gasteiger partial charge in [-0.15, -0.1) is 0 Å². The molecule has 0 aliphatic heterocycles. The molecule has 0 heterocycles. The maximum atomic E-state index is 11.2. The van der Waals surface area contributed by atoms with Gasteiger partial charge in [-0.3, -0.25) is 9.59 Å². The molecule has 0 bridgehead atoms. The van der Waals surface area contributed by atoms with Crippen molar-refractivity contribution in [1.82, 2.24) is 0 Å². The first-order valence-electron chi connectivity index (χ1n) is 4.67. The van der Waals surface area contributed by atoms with Crippen LogP contribution in [0.25, 0.3) is 0 Å². The van der Waals surface area contributed by atoms with Crippen molar-refractivity contribution in [1.29, 1.82) is 0 Å². The zero-order chi connectivity index (χ0) is 10.1. The minimum absolute atomic E-state index is 0.111. The number of rotatable bonds is 2. The van der Waals surface area contributed by atoms with Crippen molar-refractivity contribution >= 4 is 11.8 Å². The maximum Gasteiger partial charge on any atom is 0.303 e. The van der Waals surface area contributed by atoms with Crippen LogP contribution < -0.4 is 0 Å². The van der Waals surface area contributed by atoms with Crippen molar-refractivity contribution in [2.75, 3.05) is 0 Å². The summed E-state index contributed by atoms with van der Waals surface area (Å²) in [6, 6.07) is 0. The van der Waals surface area contributed by atoms with Crippen molar-refractivity contribution in [2.45, 2.75) is 39.5 Å². The fraction of sp³-hybridized carbons (Fsp3) is 0.800. The van der Waals surface area contributed by atoms with Crippen LogP contribution >= 0.6 is 0 Å². The second-order valence-corrected chi connectivity index (χ2v) is 4.38. The highest BCUT2D eigenvalue weighted by Crippen LogP contribution is 2.41. The van der Waals surface area contributed by atoms with E-state index in [1.807, 2.05) is 13.8 Å². The number of carbonyl (C=O) groups excluding carboxylic acids is 1. The van der Waals surface area contributed by atoms with E-state index in [1.54, 1.807) is 0 Å². The van der Waals surface area contributed by atoms with Gasteiger partial charge in [0.1, 0.15) is 5.78 Å². The monoisotopic (exact) mass is 184 g/mol. The third-order valence-electron chi connectivity index (χ3n) is 3.20. The van der Waals surface area contributed by atoms with Gasteiger partial charge in [-0.25, -0.2) is 0 Å². The van der Waals surface area contributed by atoms with Crippen LogP contribution in [0.15, 0.2) is 0 Å². The number of carbonyl (C=O) groups is 2. The summed E-state index contributed by atoms with van der Waals surface area (Å²) in [4.78, 5) is 21.8. The summed E-state index contributed by atoms with van der Waals surface area (Å²) in [5.74, 6) is -0.257. The van der Waals surface area contributed by atoms with Crippen LogP contribution in [0.5, 0.6) is 0 Å². The van der Waals surface area contributed by atoms with E-state index in [-0.39, 0.29) is 17.6 Å². The zero-order valence-electron chi connectivity index (χ0n) is 8.17. The number of hydrogen-bond donors (Lipinski definition) is 1. The molecule has 3 nitrogen and oxygen atoms in total. The van der Waals surface area contributed by atoms with E-state index in [2.05, 4.69) is 0 Å². The Hall–Kier alpha value is -0.860. The maximum absolute atomic E-state index is 11.2. The molecule has 1 aliphatic carbocycles. The SMILES string of the molecule is CC1CCC(=O)CC1(C)CC(=O)O. The number of carboxylic acid groups (broad SMARTS) is 1. The Bertz CT molecular complexity index is 230. The molecule has 3 heteroatoms. The van der Waals surface area contributed by atoms with Crippen LogP contribution in [0.3, 0.4) is 0 Å². The highest BCUT2D eigenvalue weighted by Gasteiger charge is 2.38. The van der Waals surface area contributed by atoms with E-state index < -0.39 is 5.97 Å². The van der Waals surface area contributed by atoms with Gasteiger partial charge in [-0.2, -0.15) is 0 Å². The minimum Gasteiger partial charge on any atom is -0.481 e. The standard InChI is InChI=1S/C10H16O3/c1-7-3-4-8(11)5-10(7,2)6-9(12)13/h7H,3-6H2,1-2H3,(H,12,13). The predicted molar refractivity (Wildman–Crippen MR) is 48.4 cm³/mol. The summed E-state index contributed by atoms with van der Waals surface area (Å²) in [5, 5.41) is 8.72. The second-order valence-electron chi connectivity index (χ2n) is 4.38. The van der Waals surface area contributed by atoms with Crippen LogP contribution in [0.2, 0.25) is 0 Å². The summed E-state index contributed by atoms with van der Waals surface area (Å²) in [5.41, 5.74) is -0.318. The summed E-state index contributed by atoms with van der Waals surface area (Å²) in [7, 11) is 0. The lowest BCUT2D eigenvalue weighted by atomic mass is 9.66. The first-order chi connectivity index (χ1) is 5.94. The smallest absolute Gasteiger partial charge is 0.303 e. The first kappa shape index (κ1) is 10.2. The number of aliphatic carboxylic acids is 1. The van der Waals surface area contributed by atoms with E-state index in [9.17, 15) is 9.59 Å². The van der Waals surface area contributed by atoms with Gasteiger partial charge in [-0.05, 0) is 17.8 Å². The number of hydrogen-bond acceptors (Lipinski definition) is 2. The van der Waals surface area contributed by atoms with Gasteiger partial charge < -0.3 is 5.11 Å². The van der Waals surface area contributed by atoms with E-state index in [1.165, 1.54) is 0 Å². The highest BCUT2D eigenvalue weighted by molar-refractivity contribution is 5.81. The Morgan fingerprint density at radius 2 is 2.31 bits per heavy atom. The normalized spacial score (nSPS) is 34.6. The predicted octanol–water partition coefficient (Wildman–Crippen LogP) is 1.86. The molecule has 0 aromatic carbocycles. The van der Waals surface area contributed by atoms with Crippen molar-refractivity contribution in [3.05, 3.63) is 0 Å². The third-order valence-corrected chi connectivity index (χ3v) is 3.20. The van der Waals surface area contributed by atoms with Crippen LogP contribution in [-0.4, -0.2) is 16.9 Å². The molecule has 74 valence electrons. The van der Waals surface area contributed by atoms with E-state index in [4.69, 9.17) is 5.11 Å². The van der Waals surface area contributed by atoms with Gasteiger partial charge in [-0.1, -0.05) is 13.8 Å². The van der Waals surface area contributed by atoms with Gasteiger partial charge in [0.15, 0.2) is 0 Å². The second kappa shape index (κ2) is 3.48. The lowest BCUT2D eigenvalue weighted by Gasteiger charge is -2.37. The first-order valence-corrected chi connectivity index (χ1v) is 4.67. The zero-order valence-corrected chi connectivity index (χ0v) is 8.17. The molecular formula is C10H16O3. The Morgan fingerprint density at radius 1 is 1.69 bits per heavy atom. The Morgan fingerprint density at radius 3 is 2.85 bits per heavy atom. The lowest BCUT2D eigenvalue weighted by molar-refractivity contribution is -0.142. The molecule has 0 spiro atoms. The number of carboxylic acids is 1. The van der Waals surface area contributed by atoms with Crippen LogP contribution in [0.1, 0.15) is 39.5 Å². The molecule has 2 atom stereocenters. The van der Waals surface area contributed by atoms with Crippen molar-refractivity contribution < 1.29 is 14.7 Å². The van der Waals surface area contributed by atoms with Gasteiger partial charge in [0.05, 0.1) is 6.42 Å². The molecule has 0 aromatic heterocycles. The molecule has 0 aromatic rings. The molecule has 0 amide bonds.